The fraction of sp³-hybridized carbons (Fsp3) is 1.00. The SMILES string of the molecule is O=P(O)(O)OCCP(C1CCCCC1)C1CCCCC1. The van der Waals surface area contributed by atoms with Gasteiger partial charge in [0.1, 0.15) is 0 Å². The first kappa shape index (κ1) is 16.9. The van der Waals surface area contributed by atoms with Gasteiger partial charge in [-0.1, -0.05) is 46.4 Å². The molecule has 0 atom stereocenters. The van der Waals surface area contributed by atoms with E-state index in [0.717, 1.165) is 17.5 Å². The van der Waals surface area contributed by atoms with Crippen molar-refractivity contribution in [2.75, 3.05) is 12.8 Å². The largest absolute Gasteiger partial charge is 0.469 e. The number of hydrogen-bond acceptors (Lipinski definition) is 2. The Hall–Kier alpha value is 0.540. The van der Waals surface area contributed by atoms with Crippen molar-refractivity contribution in [3.05, 3.63) is 0 Å². The van der Waals surface area contributed by atoms with Crippen LogP contribution in [0.4, 0.5) is 0 Å². The van der Waals surface area contributed by atoms with Gasteiger partial charge in [0, 0.05) is 0 Å². The summed E-state index contributed by atoms with van der Waals surface area (Å²) in [4.78, 5) is 17.7. The van der Waals surface area contributed by atoms with E-state index in [-0.39, 0.29) is 14.5 Å². The van der Waals surface area contributed by atoms with Gasteiger partial charge in [-0.15, -0.1) is 0 Å². The predicted octanol–water partition coefficient (Wildman–Crippen LogP) is 4.24. The van der Waals surface area contributed by atoms with Crippen LogP contribution in [0.5, 0.6) is 0 Å². The van der Waals surface area contributed by atoms with Crippen molar-refractivity contribution >= 4 is 15.7 Å². The van der Waals surface area contributed by atoms with E-state index in [2.05, 4.69) is 0 Å². The van der Waals surface area contributed by atoms with Crippen LogP contribution in [0, 0.1) is 0 Å². The van der Waals surface area contributed by atoms with Crippen molar-refractivity contribution in [1.82, 2.24) is 0 Å². The lowest BCUT2D eigenvalue weighted by Crippen LogP contribution is -2.23. The molecular formula is C14H28O4P2. The van der Waals surface area contributed by atoms with Crippen LogP contribution in [0.2, 0.25) is 0 Å². The monoisotopic (exact) mass is 322 g/mol. The minimum Gasteiger partial charge on any atom is -0.303 e. The van der Waals surface area contributed by atoms with E-state index >= 15 is 0 Å². The van der Waals surface area contributed by atoms with E-state index in [4.69, 9.17) is 14.3 Å². The average molecular weight is 322 g/mol. The normalized spacial score (nSPS) is 23.4. The molecule has 2 saturated carbocycles. The number of hydrogen-bond donors (Lipinski definition) is 2. The van der Waals surface area contributed by atoms with Crippen molar-refractivity contribution in [1.29, 1.82) is 0 Å². The van der Waals surface area contributed by atoms with Gasteiger partial charge in [-0.25, -0.2) is 4.57 Å². The molecule has 20 heavy (non-hydrogen) atoms. The zero-order valence-corrected chi connectivity index (χ0v) is 14.0. The van der Waals surface area contributed by atoms with E-state index in [0.29, 0.717) is 0 Å². The molecule has 0 heterocycles. The molecule has 0 aromatic carbocycles. The molecule has 0 aromatic rings. The Morgan fingerprint density at radius 3 is 1.75 bits per heavy atom. The Bertz CT molecular complexity index is 301. The van der Waals surface area contributed by atoms with Crippen LogP contribution in [0.3, 0.4) is 0 Å². The van der Waals surface area contributed by atoms with Crippen LogP contribution in [0.15, 0.2) is 0 Å². The van der Waals surface area contributed by atoms with Gasteiger partial charge in [0.05, 0.1) is 6.61 Å². The van der Waals surface area contributed by atoms with Crippen LogP contribution in [0.25, 0.3) is 0 Å². The molecule has 0 aliphatic heterocycles. The summed E-state index contributed by atoms with van der Waals surface area (Å²) < 4.78 is 15.6. The molecule has 0 spiro atoms. The van der Waals surface area contributed by atoms with Gasteiger partial charge < -0.3 is 9.79 Å². The van der Waals surface area contributed by atoms with Gasteiger partial charge in [0.15, 0.2) is 0 Å². The van der Waals surface area contributed by atoms with Gasteiger partial charge in [-0.3, -0.25) is 4.52 Å². The van der Waals surface area contributed by atoms with Crippen LogP contribution in [-0.4, -0.2) is 33.9 Å². The number of rotatable bonds is 6. The van der Waals surface area contributed by atoms with E-state index in [1.807, 2.05) is 0 Å². The highest BCUT2D eigenvalue weighted by molar-refractivity contribution is 7.59. The van der Waals surface area contributed by atoms with Crippen LogP contribution in [-0.2, 0) is 9.09 Å². The maximum atomic E-state index is 10.8. The average Bonchev–Trinajstić information content (AvgIpc) is 2.44. The molecule has 0 aromatic heterocycles. The molecule has 2 aliphatic rings. The smallest absolute Gasteiger partial charge is 0.303 e. The maximum absolute atomic E-state index is 10.8. The van der Waals surface area contributed by atoms with Gasteiger partial charge >= 0.3 is 7.82 Å². The summed E-state index contributed by atoms with van der Waals surface area (Å²) in [5.74, 6) is 0. The summed E-state index contributed by atoms with van der Waals surface area (Å²) in [6.07, 6.45) is 14.3. The van der Waals surface area contributed by atoms with Crippen molar-refractivity contribution in [2.45, 2.75) is 75.5 Å². The second-order valence-electron chi connectivity index (χ2n) is 6.15. The molecular weight excluding hydrogens is 294 g/mol. The number of phosphoric ester groups is 1. The van der Waals surface area contributed by atoms with Crippen molar-refractivity contribution in [2.24, 2.45) is 0 Å². The van der Waals surface area contributed by atoms with Crippen LogP contribution < -0.4 is 0 Å². The summed E-state index contributed by atoms with van der Waals surface area (Å²) in [5, 5.41) is 0. The highest BCUT2D eigenvalue weighted by Gasteiger charge is 2.31. The second-order valence-corrected chi connectivity index (χ2v) is 10.3. The topological polar surface area (TPSA) is 66.8 Å². The number of phosphoric acid groups is 1. The Labute approximate surface area is 123 Å². The zero-order chi connectivity index (χ0) is 14.4. The molecule has 2 rings (SSSR count). The van der Waals surface area contributed by atoms with Gasteiger partial charge in [0.25, 0.3) is 0 Å². The van der Waals surface area contributed by atoms with Gasteiger partial charge in [-0.05, 0) is 43.2 Å². The first-order valence-electron chi connectivity index (χ1n) is 8.02. The lowest BCUT2D eigenvalue weighted by Gasteiger charge is -2.38. The molecule has 2 aliphatic carbocycles. The maximum Gasteiger partial charge on any atom is 0.469 e. The van der Waals surface area contributed by atoms with E-state index in [1.54, 1.807) is 0 Å². The first-order valence-corrected chi connectivity index (χ1v) is 11.2. The molecule has 4 nitrogen and oxygen atoms in total. The fourth-order valence-corrected chi connectivity index (χ4v) is 7.91. The lowest BCUT2D eigenvalue weighted by atomic mass is 9.99. The third-order valence-corrected chi connectivity index (χ3v) is 8.82. The quantitative estimate of drug-likeness (QED) is 0.718. The molecule has 2 fully saturated rings. The minimum atomic E-state index is -4.29. The highest BCUT2D eigenvalue weighted by atomic mass is 31.2. The zero-order valence-electron chi connectivity index (χ0n) is 12.2. The molecule has 0 bridgehead atoms. The molecule has 118 valence electrons. The van der Waals surface area contributed by atoms with Gasteiger partial charge in [0.2, 0.25) is 0 Å². The summed E-state index contributed by atoms with van der Waals surface area (Å²) in [6.45, 7) is 0.239. The first-order chi connectivity index (χ1) is 9.56. The summed E-state index contributed by atoms with van der Waals surface area (Å²) in [6, 6.07) is 0. The fourth-order valence-electron chi connectivity index (χ4n) is 3.75. The molecule has 6 heteroatoms. The lowest BCUT2D eigenvalue weighted by molar-refractivity contribution is 0.207. The molecule has 0 radical (unpaired) electrons. The molecule has 0 unspecified atom stereocenters. The van der Waals surface area contributed by atoms with E-state index < -0.39 is 7.82 Å². The Kier molecular flexibility index (Phi) is 6.97. The summed E-state index contributed by atoms with van der Waals surface area (Å²) in [7, 11) is -4.41. The Morgan fingerprint density at radius 1 is 0.900 bits per heavy atom. The van der Waals surface area contributed by atoms with Crippen LogP contribution in [0.1, 0.15) is 64.2 Å². The highest BCUT2D eigenvalue weighted by Crippen LogP contribution is 2.55. The van der Waals surface area contributed by atoms with Crippen molar-refractivity contribution in [3.63, 3.8) is 0 Å². The van der Waals surface area contributed by atoms with Crippen molar-refractivity contribution < 1.29 is 18.9 Å². The van der Waals surface area contributed by atoms with Crippen molar-refractivity contribution in [3.8, 4) is 0 Å². The Balaban J connectivity index is 1.89. The van der Waals surface area contributed by atoms with Crippen LogP contribution >= 0.6 is 15.7 Å². The third kappa shape index (κ3) is 5.73. The second kappa shape index (κ2) is 8.25. The van der Waals surface area contributed by atoms with Gasteiger partial charge in [-0.2, -0.15) is 0 Å². The third-order valence-electron chi connectivity index (χ3n) is 4.70. The summed E-state index contributed by atoms with van der Waals surface area (Å²) >= 11 is 0. The Morgan fingerprint density at radius 2 is 1.35 bits per heavy atom. The molecule has 0 saturated heterocycles. The standard InChI is InChI=1S/C14H28O4P2/c15-20(16,17)18-11-12-19(13-7-3-1-4-8-13)14-9-5-2-6-10-14/h13-14H,1-12H2,(H2,15,16,17). The summed E-state index contributed by atoms with van der Waals surface area (Å²) in [5.41, 5.74) is 1.64. The predicted molar refractivity (Wildman–Crippen MR) is 83.5 cm³/mol. The molecule has 0 amide bonds. The molecule has 2 N–H and O–H groups in total. The minimum absolute atomic E-state index is 0.118. The van der Waals surface area contributed by atoms with E-state index in [9.17, 15) is 4.57 Å². The van der Waals surface area contributed by atoms with E-state index in [1.165, 1.54) is 64.2 Å².